The normalized spacial score (nSPS) is 25.2. The molecule has 2 aliphatic heterocycles. The van der Waals surface area contributed by atoms with Gasteiger partial charge in [0, 0.05) is 69.3 Å². The van der Waals surface area contributed by atoms with Gasteiger partial charge in [-0.2, -0.15) is 0 Å². The van der Waals surface area contributed by atoms with Gasteiger partial charge in [0.2, 0.25) is 5.75 Å². The minimum atomic E-state index is -0.925. The molecule has 75 heavy (non-hydrogen) atoms. The van der Waals surface area contributed by atoms with E-state index in [9.17, 15) is 38.7 Å². The van der Waals surface area contributed by atoms with Crippen LogP contribution in [0.1, 0.15) is 159 Å². The number of hydrogen-bond acceptors (Lipinski definition) is 19. The molecule has 4 fully saturated rings. The van der Waals surface area contributed by atoms with E-state index in [1.807, 2.05) is 0 Å². The third-order valence-electron chi connectivity index (χ3n) is 14.5. The van der Waals surface area contributed by atoms with Crippen molar-refractivity contribution >= 4 is 41.4 Å². The molecule has 0 bridgehead atoms. The van der Waals surface area contributed by atoms with Crippen LogP contribution >= 0.6 is 0 Å². The number of ether oxygens (including phenoxy) is 9. The summed E-state index contributed by atoms with van der Waals surface area (Å²) in [6.07, 6.45) is 12.1. The van der Waals surface area contributed by atoms with E-state index in [1.165, 1.54) is 71.4 Å². The zero-order chi connectivity index (χ0) is 54.8. The van der Waals surface area contributed by atoms with E-state index >= 15 is 0 Å². The molecule has 0 spiro atoms. The summed E-state index contributed by atoms with van der Waals surface area (Å²) in [6.45, 7) is 12.5. The van der Waals surface area contributed by atoms with Crippen molar-refractivity contribution in [2.24, 2.45) is 47.3 Å². The van der Waals surface area contributed by atoms with Crippen molar-refractivity contribution in [2.75, 3.05) is 40.6 Å². The molecule has 2 aliphatic carbocycles. The Balaban J connectivity index is 0.000000278. The second-order valence-corrected chi connectivity index (χ2v) is 21.1. The largest absolute Gasteiger partial charge is 0.503 e. The number of carbonyl (C=O) groups excluding carboxylic acids is 7. The van der Waals surface area contributed by atoms with E-state index in [1.54, 1.807) is 41.5 Å². The van der Waals surface area contributed by atoms with Crippen LogP contribution in [-0.4, -0.2) is 122 Å². The van der Waals surface area contributed by atoms with Gasteiger partial charge in [0.1, 0.15) is 24.4 Å². The lowest BCUT2D eigenvalue weighted by molar-refractivity contribution is -0.180. The molecule has 8 atom stereocenters. The molecule has 4 heterocycles. The van der Waals surface area contributed by atoms with Crippen molar-refractivity contribution in [1.82, 2.24) is 9.97 Å². The maximum Gasteiger partial charge on any atom is 0.312 e. The fourth-order valence-electron chi connectivity index (χ4n) is 10.4. The van der Waals surface area contributed by atoms with Crippen LogP contribution in [0.2, 0.25) is 0 Å². The lowest BCUT2D eigenvalue weighted by Gasteiger charge is -2.35. The molecule has 0 aromatic carbocycles. The second kappa shape index (κ2) is 29.6. The highest BCUT2D eigenvalue weighted by Crippen LogP contribution is 2.38. The Bertz CT molecular complexity index is 2240. The standard InChI is InChI=1S/C29H41NO9.C27H39NO8/c1-17(2)28(33)39-26-18(3)37-29(34)22(16-36-13-11-21(26)14-20-8-6-7-9-20)15-23(32)25-27(38-19(4)31)24(35-5)10-12-30-25;1-16(2)26(31)36-25-17(3)35-27(32)20(14-21(29)23-24(30)22(33-4)9-11-28-23)15-34-12-10-19(25)13-18-7-5-6-8-18/h10,12,17-18,20-22,26H,6-9,11,13-16H2,1-5H3;9,11,16-20,25,30H,5-8,10,12-15H2,1-4H3/t18-,21+,22-,26-;17-,19+,20-,25-/m00/s1. The molecule has 1 N–H and O–H groups in total. The third kappa shape index (κ3) is 17.7. The van der Waals surface area contributed by atoms with Gasteiger partial charge in [-0.05, 0) is 51.4 Å². The number of carbonyl (C=O) groups is 7. The number of methoxy groups -OCH3 is 2. The van der Waals surface area contributed by atoms with Gasteiger partial charge in [-0.15, -0.1) is 0 Å². The number of nitrogens with zero attached hydrogens (tertiary/aromatic N) is 2. The fraction of sp³-hybridized carbons (Fsp3) is 0.696. The van der Waals surface area contributed by atoms with E-state index in [2.05, 4.69) is 9.97 Å². The molecule has 2 saturated carbocycles. The van der Waals surface area contributed by atoms with Gasteiger partial charge in [0.25, 0.3) is 0 Å². The van der Waals surface area contributed by atoms with E-state index in [-0.39, 0.29) is 96.1 Å². The van der Waals surface area contributed by atoms with Crippen LogP contribution < -0.4 is 14.2 Å². The van der Waals surface area contributed by atoms with Gasteiger partial charge in [-0.1, -0.05) is 79.1 Å². The molecule has 6 rings (SSSR count). The molecule has 416 valence electrons. The van der Waals surface area contributed by atoms with Crippen molar-refractivity contribution in [3.8, 4) is 23.0 Å². The summed E-state index contributed by atoms with van der Waals surface area (Å²) in [6, 6.07) is 2.91. The molecular weight excluding hydrogens is 973 g/mol. The van der Waals surface area contributed by atoms with Gasteiger partial charge >= 0.3 is 29.8 Å². The Morgan fingerprint density at radius 2 is 1.05 bits per heavy atom. The van der Waals surface area contributed by atoms with Crippen molar-refractivity contribution in [1.29, 1.82) is 0 Å². The molecule has 0 radical (unpaired) electrons. The number of aromatic nitrogens is 2. The van der Waals surface area contributed by atoms with E-state index in [0.29, 0.717) is 37.9 Å². The quantitative estimate of drug-likeness (QED) is 0.0886. The molecule has 2 aromatic rings. The molecule has 0 unspecified atom stereocenters. The van der Waals surface area contributed by atoms with Gasteiger partial charge in [0.15, 0.2) is 40.2 Å². The second-order valence-electron chi connectivity index (χ2n) is 21.1. The fourth-order valence-corrected chi connectivity index (χ4v) is 10.4. The Morgan fingerprint density at radius 1 is 0.640 bits per heavy atom. The minimum Gasteiger partial charge on any atom is -0.503 e. The van der Waals surface area contributed by atoms with Crippen molar-refractivity contribution in [3.63, 3.8) is 0 Å². The van der Waals surface area contributed by atoms with Crippen LogP contribution in [0.3, 0.4) is 0 Å². The third-order valence-corrected chi connectivity index (χ3v) is 14.5. The summed E-state index contributed by atoms with van der Waals surface area (Å²) in [5.74, 6) is -5.10. The van der Waals surface area contributed by atoms with Gasteiger partial charge < -0.3 is 47.7 Å². The number of aromatic hydroxyl groups is 1. The maximum absolute atomic E-state index is 13.3. The van der Waals surface area contributed by atoms with Crippen LogP contribution in [0, 0.1) is 47.3 Å². The van der Waals surface area contributed by atoms with Crippen LogP contribution in [0.5, 0.6) is 23.0 Å². The number of esters is 5. The maximum atomic E-state index is 13.3. The molecular formula is C56H80N2O17. The number of ketones is 2. The van der Waals surface area contributed by atoms with E-state index in [0.717, 1.165) is 38.5 Å². The number of Topliss-reactive ketones (excluding diaryl/α,β-unsaturated/α-hetero) is 2. The predicted octanol–water partition coefficient (Wildman–Crippen LogP) is 8.42. The Morgan fingerprint density at radius 3 is 1.47 bits per heavy atom. The average Bonchev–Trinajstić information content (AvgIpc) is 4.10. The summed E-state index contributed by atoms with van der Waals surface area (Å²) in [5.41, 5.74) is -0.296. The Hall–Kier alpha value is -5.69. The van der Waals surface area contributed by atoms with Crippen LogP contribution in [0.4, 0.5) is 0 Å². The van der Waals surface area contributed by atoms with Crippen LogP contribution in [0.25, 0.3) is 0 Å². The van der Waals surface area contributed by atoms with Crippen molar-refractivity contribution in [2.45, 2.75) is 163 Å². The summed E-state index contributed by atoms with van der Waals surface area (Å²) in [7, 11) is 2.76. The van der Waals surface area contributed by atoms with Crippen LogP contribution in [0.15, 0.2) is 24.5 Å². The molecule has 4 aliphatic rings. The summed E-state index contributed by atoms with van der Waals surface area (Å²) < 4.78 is 50.6. The number of rotatable bonds is 17. The molecule has 2 aromatic heterocycles. The van der Waals surface area contributed by atoms with Gasteiger partial charge in [-0.3, -0.25) is 33.6 Å². The predicted molar refractivity (Wildman–Crippen MR) is 271 cm³/mol. The minimum absolute atomic E-state index is 0.00855. The first-order chi connectivity index (χ1) is 35.8. The number of pyridine rings is 2. The summed E-state index contributed by atoms with van der Waals surface area (Å²) in [5, 5.41) is 10.3. The average molecular weight is 1050 g/mol. The first kappa shape index (κ1) is 60.2. The Labute approximate surface area is 441 Å². The summed E-state index contributed by atoms with van der Waals surface area (Å²) >= 11 is 0. The monoisotopic (exact) mass is 1050 g/mol. The zero-order valence-corrected chi connectivity index (χ0v) is 45.3. The van der Waals surface area contributed by atoms with Crippen LogP contribution in [-0.2, 0) is 52.4 Å². The number of hydrogen-bond donors (Lipinski definition) is 1. The van der Waals surface area contributed by atoms with Crippen molar-refractivity contribution < 1.29 is 81.3 Å². The SMILES string of the molecule is COc1ccnc(C(=O)C[C@H]2COCC[C@H](CC3CCCC3)[C@@H](OC(=O)C(C)C)[C@H](C)OC2=O)c1O.COc1ccnc(C(=O)C[C@H]2COCC[C@H](CC3CCCC3)[C@@H](OC(=O)C(C)C)[C@H](C)OC2=O)c1OC(C)=O. The van der Waals surface area contributed by atoms with E-state index < -0.39 is 65.7 Å². The Kier molecular flexibility index (Phi) is 23.7. The molecule has 19 nitrogen and oxygen atoms in total. The lowest BCUT2D eigenvalue weighted by Crippen LogP contribution is -2.43. The zero-order valence-electron chi connectivity index (χ0n) is 45.3. The van der Waals surface area contributed by atoms with Crippen molar-refractivity contribution in [3.05, 3.63) is 35.9 Å². The molecule has 19 heteroatoms. The first-order valence-electron chi connectivity index (χ1n) is 26.8. The molecule has 2 saturated heterocycles. The lowest BCUT2D eigenvalue weighted by atomic mass is 9.85. The number of cyclic esters (lactones) is 2. The molecule has 0 amide bonds. The van der Waals surface area contributed by atoms with Gasteiger partial charge in [-0.25, -0.2) is 9.97 Å². The smallest absolute Gasteiger partial charge is 0.312 e. The first-order valence-corrected chi connectivity index (χ1v) is 26.8. The topological polar surface area (TPSA) is 249 Å². The van der Waals surface area contributed by atoms with E-state index in [4.69, 9.17) is 42.6 Å². The highest BCUT2D eigenvalue weighted by molar-refractivity contribution is 6.00. The highest BCUT2D eigenvalue weighted by Gasteiger charge is 2.40. The summed E-state index contributed by atoms with van der Waals surface area (Å²) in [4.78, 5) is 97.4. The highest BCUT2D eigenvalue weighted by atomic mass is 16.6. The van der Waals surface area contributed by atoms with Gasteiger partial charge in [0.05, 0.1) is 51.1 Å².